The average Bonchev–Trinajstić information content (AvgIpc) is 2.49. The van der Waals surface area contributed by atoms with Crippen molar-refractivity contribution in [1.82, 2.24) is 15.5 Å². The minimum absolute atomic E-state index is 0.220. The maximum atomic E-state index is 10.8. The summed E-state index contributed by atoms with van der Waals surface area (Å²) in [5.74, 6) is 2.76. The van der Waals surface area contributed by atoms with E-state index in [1.165, 1.54) is 0 Å². The Morgan fingerprint density at radius 1 is 1.77 bits per heavy atom. The Bertz CT molecular complexity index is 363. The highest BCUT2D eigenvalue weighted by molar-refractivity contribution is 9.12. The first kappa shape index (κ1) is 9.74. The van der Waals surface area contributed by atoms with Crippen molar-refractivity contribution < 1.29 is 9.32 Å². The number of nitrogens with one attached hydrogen (secondary N) is 1. The molecular formula is C7H6BrN3O2. The lowest BCUT2D eigenvalue weighted by atomic mass is 10.5. The molecule has 0 aliphatic carbocycles. The van der Waals surface area contributed by atoms with Crippen molar-refractivity contribution in [3.8, 4) is 10.8 Å². The van der Waals surface area contributed by atoms with Gasteiger partial charge in [-0.05, 0) is 4.83 Å². The van der Waals surface area contributed by atoms with Gasteiger partial charge in [-0.25, -0.2) is 0 Å². The van der Waals surface area contributed by atoms with Gasteiger partial charge in [-0.1, -0.05) is 5.16 Å². The molecule has 1 aromatic rings. The smallest absolute Gasteiger partial charge is 0.297 e. The van der Waals surface area contributed by atoms with Crippen LogP contribution in [0.4, 0.5) is 0 Å². The quantitative estimate of drug-likeness (QED) is 0.762. The van der Waals surface area contributed by atoms with Crippen LogP contribution in [0.1, 0.15) is 11.7 Å². The Morgan fingerprint density at radius 2 is 2.54 bits per heavy atom. The summed E-state index contributed by atoms with van der Waals surface area (Å²) >= 11 is 2.81. The molecule has 1 heterocycles. The van der Waals surface area contributed by atoms with E-state index in [4.69, 9.17) is 4.52 Å². The third-order valence-electron chi connectivity index (χ3n) is 1.14. The molecule has 68 valence electrons. The zero-order valence-electron chi connectivity index (χ0n) is 6.80. The lowest BCUT2D eigenvalue weighted by molar-refractivity contribution is -0.115. The minimum atomic E-state index is -0.390. The molecule has 0 radical (unpaired) electrons. The van der Waals surface area contributed by atoms with Gasteiger partial charge < -0.3 is 9.84 Å². The Labute approximate surface area is 83.0 Å². The predicted octanol–water partition coefficient (Wildman–Crippen LogP) is 0.350. The predicted molar refractivity (Wildman–Crippen MR) is 47.6 cm³/mol. The van der Waals surface area contributed by atoms with Crippen LogP contribution in [-0.2, 0) is 11.3 Å². The van der Waals surface area contributed by atoms with E-state index >= 15 is 0 Å². The number of aromatic nitrogens is 2. The molecule has 0 aromatic carbocycles. The molecule has 0 fully saturated rings. The molecule has 0 aliphatic rings. The highest BCUT2D eigenvalue weighted by Gasteiger charge is 2.02. The van der Waals surface area contributed by atoms with Gasteiger partial charge in [0.1, 0.15) is 0 Å². The maximum absolute atomic E-state index is 10.8. The highest BCUT2D eigenvalue weighted by Crippen LogP contribution is 1.93. The summed E-state index contributed by atoms with van der Waals surface area (Å²) in [6, 6.07) is 0. The fraction of sp³-hybridized carbons (Fsp3) is 0.286. The molecule has 13 heavy (non-hydrogen) atoms. The zero-order chi connectivity index (χ0) is 9.68. The molecule has 0 saturated carbocycles. The number of aryl methyl sites for hydroxylation is 1. The molecule has 1 amide bonds. The number of hydrogen-bond acceptors (Lipinski definition) is 4. The maximum Gasteiger partial charge on any atom is 0.297 e. The molecule has 0 saturated heterocycles. The third kappa shape index (κ3) is 3.25. The van der Waals surface area contributed by atoms with Crippen molar-refractivity contribution in [2.24, 2.45) is 0 Å². The van der Waals surface area contributed by atoms with Crippen molar-refractivity contribution in [1.29, 1.82) is 0 Å². The first-order chi connectivity index (χ1) is 6.22. The lowest BCUT2D eigenvalue weighted by Crippen LogP contribution is -2.21. The van der Waals surface area contributed by atoms with E-state index in [2.05, 4.69) is 42.1 Å². The molecular weight excluding hydrogens is 238 g/mol. The Hall–Kier alpha value is -1.35. The van der Waals surface area contributed by atoms with Gasteiger partial charge in [-0.2, -0.15) is 4.98 Å². The number of hydrogen-bond donors (Lipinski definition) is 1. The lowest BCUT2D eigenvalue weighted by Gasteiger charge is -1.92. The SMILES string of the molecule is Cc1nc(CNC(=O)C#CBr)no1. The topological polar surface area (TPSA) is 68.0 Å². The molecule has 5 nitrogen and oxygen atoms in total. The van der Waals surface area contributed by atoms with Crippen molar-refractivity contribution >= 4 is 21.8 Å². The van der Waals surface area contributed by atoms with Crippen molar-refractivity contribution in [2.75, 3.05) is 0 Å². The van der Waals surface area contributed by atoms with Crippen LogP contribution in [0.3, 0.4) is 0 Å². The first-order valence-corrected chi connectivity index (χ1v) is 4.20. The summed E-state index contributed by atoms with van der Waals surface area (Å²) in [5.41, 5.74) is 0. The highest BCUT2D eigenvalue weighted by atomic mass is 79.9. The second-order valence-electron chi connectivity index (χ2n) is 2.13. The number of halogens is 1. The molecule has 1 aromatic heterocycles. The molecule has 0 spiro atoms. The van der Waals surface area contributed by atoms with Gasteiger partial charge in [-0.3, -0.25) is 4.79 Å². The van der Waals surface area contributed by atoms with E-state index < -0.39 is 0 Å². The molecule has 0 unspecified atom stereocenters. The van der Waals surface area contributed by atoms with Crippen molar-refractivity contribution in [3.05, 3.63) is 11.7 Å². The van der Waals surface area contributed by atoms with E-state index in [-0.39, 0.29) is 12.5 Å². The third-order valence-corrected chi connectivity index (χ3v) is 1.34. The number of nitrogens with zero attached hydrogens (tertiary/aromatic N) is 2. The molecule has 0 aliphatic heterocycles. The van der Waals surface area contributed by atoms with Crippen molar-refractivity contribution in [3.63, 3.8) is 0 Å². The molecule has 0 bridgehead atoms. The standard InChI is InChI=1S/C7H6BrN3O2/c1-5-10-6(11-13-5)4-9-7(12)2-3-8/h4H2,1H3,(H,9,12). The summed E-state index contributed by atoms with van der Waals surface area (Å²) in [6.07, 6.45) is 0. The van der Waals surface area contributed by atoms with Crippen LogP contribution >= 0.6 is 15.9 Å². The molecule has 1 N–H and O–H groups in total. The summed E-state index contributed by atoms with van der Waals surface area (Å²) in [7, 11) is 0. The largest absolute Gasteiger partial charge is 0.340 e. The second kappa shape index (κ2) is 4.62. The van der Waals surface area contributed by atoms with Gasteiger partial charge in [0.15, 0.2) is 5.82 Å². The summed E-state index contributed by atoms with van der Waals surface area (Å²) in [4.78, 5) is 17.0. The van der Waals surface area contributed by atoms with Gasteiger partial charge in [0, 0.05) is 28.8 Å². The van der Waals surface area contributed by atoms with Crippen LogP contribution in [0.15, 0.2) is 4.52 Å². The van der Waals surface area contributed by atoms with Crippen molar-refractivity contribution in [2.45, 2.75) is 13.5 Å². The summed E-state index contributed by atoms with van der Waals surface area (Å²) in [5, 5.41) is 6.07. The number of carbonyl (C=O) groups excluding carboxylic acids is 1. The minimum Gasteiger partial charge on any atom is -0.340 e. The average molecular weight is 244 g/mol. The summed E-state index contributed by atoms with van der Waals surface area (Å²) < 4.78 is 4.70. The van der Waals surface area contributed by atoms with Gasteiger partial charge in [0.05, 0.1) is 6.54 Å². The molecule has 1 rings (SSSR count). The van der Waals surface area contributed by atoms with E-state index in [9.17, 15) is 4.79 Å². The van der Waals surface area contributed by atoms with Gasteiger partial charge >= 0.3 is 0 Å². The Kier molecular flexibility index (Phi) is 3.46. The molecule has 0 atom stereocenters. The summed E-state index contributed by atoms with van der Waals surface area (Å²) in [6.45, 7) is 1.90. The van der Waals surface area contributed by atoms with E-state index in [1.54, 1.807) is 6.92 Å². The second-order valence-corrected chi connectivity index (χ2v) is 2.53. The van der Waals surface area contributed by atoms with Gasteiger partial charge in [0.25, 0.3) is 5.91 Å². The number of amides is 1. The van der Waals surface area contributed by atoms with E-state index in [0.717, 1.165) is 0 Å². The number of rotatable bonds is 2. The van der Waals surface area contributed by atoms with Crippen LogP contribution in [0, 0.1) is 17.7 Å². The van der Waals surface area contributed by atoms with Crippen LogP contribution in [-0.4, -0.2) is 16.0 Å². The fourth-order valence-electron chi connectivity index (χ4n) is 0.660. The van der Waals surface area contributed by atoms with Crippen LogP contribution in [0.5, 0.6) is 0 Å². The van der Waals surface area contributed by atoms with E-state index in [1.807, 2.05) is 0 Å². The van der Waals surface area contributed by atoms with Gasteiger partial charge in [0.2, 0.25) is 5.89 Å². The van der Waals surface area contributed by atoms with Crippen LogP contribution in [0.25, 0.3) is 0 Å². The van der Waals surface area contributed by atoms with Crippen LogP contribution in [0.2, 0.25) is 0 Å². The fourth-order valence-corrected chi connectivity index (χ4v) is 0.840. The zero-order valence-corrected chi connectivity index (χ0v) is 8.38. The Balaban J connectivity index is 2.42. The monoisotopic (exact) mass is 243 g/mol. The number of carbonyl (C=O) groups is 1. The van der Waals surface area contributed by atoms with Gasteiger partial charge in [-0.15, -0.1) is 0 Å². The first-order valence-electron chi connectivity index (χ1n) is 3.41. The Morgan fingerprint density at radius 3 is 3.08 bits per heavy atom. The van der Waals surface area contributed by atoms with Crippen LogP contribution < -0.4 is 5.32 Å². The normalized spacial score (nSPS) is 8.77. The molecule has 6 heteroatoms. The van der Waals surface area contributed by atoms with E-state index in [0.29, 0.717) is 11.7 Å².